The number of benzene rings is 2. The predicted octanol–water partition coefficient (Wildman–Crippen LogP) is 3.56. The number of para-hydroxylation sites is 2. The molecular formula is C21H20N4O4. The average molecular weight is 392 g/mol. The lowest BCUT2D eigenvalue weighted by Gasteiger charge is -2.19. The van der Waals surface area contributed by atoms with Gasteiger partial charge in [-0.3, -0.25) is 4.79 Å². The van der Waals surface area contributed by atoms with Gasteiger partial charge in [0, 0.05) is 17.4 Å². The van der Waals surface area contributed by atoms with E-state index in [0.717, 1.165) is 0 Å². The number of aromatic nitrogens is 2. The Morgan fingerprint density at radius 1 is 1.03 bits per heavy atom. The van der Waals surface area contributed by atoms with Gasteiger partial charge in [0.05, 0.1) is 12.8 Å². The number of aryl methyl sites for hydroxylation is 1. The molecule has 0 saturated carbocycles. The largest absolute Gasteiger partial charge is 0.495 e. The maximum atomic E-state index is 12.7. The van der Waals surface area contributed by atoms with Crippen molar-refractivity contribution >= 4 is 23.2 Å². The summed E-state index contributed by atoms with van der Waals surface area (Å²) in [5.74, 6) is 1.87. The summed E-state index contributed by atoms with van der Waals surface area (Å²) in [6.07, 6.45) is 0. The van der Waals surface area contributed by atoms with Gasteiger partial charge in [0.1, 0.15) is 24.7 Å². The minimum absolute atomic E-state index is 0.241. The number of amides is 1. The molecule has 2 N–H and O–H groups in total. The second-order valence-electron chi connectivity index (χ2n) is 6.36. The fraction of sp³-hybridized carbons (Fsp3) is 0.190. The number of rotatable bonds is 5. The van der Waals surface area contributed by atoms with Crippen LogP contribution in [0.15, 0.2) is 48.5 Å². The number of hydrogen-bond acceptors (Lipinski definition) is 7. The van der Waals surface area contributed by atoms with Crippen LogP contribution in [0, 0.1) is 6.92 Å². The van der Waals surface area contributed by atoms with Crippen LogP contribution in [0.25, 0.3) is 0 Å². The van der Waals surface area contributed by atoms with Crippen molar-refractivity contribution in [3.63, 3.8) is 0 Å². The number of methoxy groups -OCH3 is 1. The molecule has 148 valence electrons. The molecule has 29 heavy (non-hydrogen) atoms. The van der Waals surface area contributed by atoms with E-state index in [4.69, 9.17) is 14.2 Å². The van der Waals surface area contributed by atoms with Crippen molar-refractivity contribution in [1.82, 2.24) is 9.97 Å². The average Bonchev–Trinajstić information content (AvgIpc) is 2.73. The predicted molar refractivity (Wildman–Crippen MR) is 108 cm³/mol. The summed E-state index contributed by atoms with van der Waals surface area (Å²) in [5.41, 5.74) is 2.20. The Balaban J connectivity index is 1.54. The zero-order chi connectivity index (χ0) is 20.2. The summed E-state index contributed by atoms with van der Waals surface area (Å²) in [6.45, 7) is 2.80. The van der Waals surface area contributed by atoms with E-state index in [-0.39, 0.29) is 11.6 Å². The lowest BCUT2D eigenvalue weighted by Crippen LogP contribution is -2.17. The fourth-order valence-electron chi connectivity index (χ4n) is 2.93. The summed E-state index contributed by atoms with van der Waals surface area (Å²) in [6, 6.07) is 14.3. The van der Waals surface area contributed by atoms with E-state index in [1.807, 2.05) is 24.3 Å². The fourth-order valence-corrected chi connectivity index (χ4v) is 2.93. The molecule has 0 atom stereocenters. The topological polar surface area (TPSA) is 94.6 Å². The maximum absolute atomic E-state index is 12.7. The van der Waals surface area contributed by atoms with Crippen LogP contribution in [0.1, 0.15) is 16.2 Å². The monoisotopic (exact) mass is 392 g/mol. The Hall–Kier alpha value is -3.81. The minimum Gasteiger partial charge on any atom is -0.495 e. The Bertz CT molecular complexity index is 1050. The molecule has 0 aliphatic carbocycles. The number of carbonyl (C=O) groups excluding carboxylic acids is 1. The van der Waals surface area contributed by atoms with E-state index in [0.29, 0.717) is 53.5 Å². The van der Waals surface area contributed by atoms with Crippen molar-refractivity contribution in [3.05, 3.63) is 59.9 Å². The van der Waals surface area contributed by atoms with Crippen molar-refractivity contribution in [2.24, 2.45) is 0 Å². The highest BCUT2D eigenvalue weighted by Crippen LogP contribution is 2.32. The molecule has 1 aromatic heterocycles. The van der Waals surface area contributed by atoms with Crippen LogP contribution < -0.4 is 24.8 Å². The number of carbonyl (C=O) groups is 1. The zero-order valence-corrected chi connectivity index (χ0v) is 16.1. The molecule has 1 aliphatic rings. The third-order valence-corrected chi connectivity index (χ3v) is 4.24. The van der Waals surface area contributed by atoms with Gasteiger partial charge in [-0.15, -0.1) is 0 Å². The minimum atomic E-state index is -0.352. The third kappa shape index (κ3) is 4.21. The standard InChI is InChI=1S/C21H20N4O4/c1-13-11-16(25-21(22-13)24-15-5-3-4-6-17(15)27-2)20(26)23-14-7-8-18-19(12-14)29-10-9-28-18/h3-8,11-12H,9-10H2,1-2H3,(H,23,26)(H,22,24,25). The SMILES string of the molecule is COc1ccccc1Nc1nc(C)cc(C(=O)Nc2ccc3c(c2)OCCO3)n1. The van der Waals surface area contributed by atoms with Crippen LogP contribution in [0.2, 0.25) is 0 Å². The molecule has 2 heterocycles. The van der Waals surface area contributed by atoms with E-state index in [9.17, 15) is 4.79 Å². The van der Waals surface area contributed by atoms with Gasteiger partial charge in [-0.1, -0.05) is 12.1 Å². The Kier molecular flexibility index (Phi) is 5.15. The van der Waals surface area contributed by atoms with E-state index in [1.54, 1.807) is 38.3 Å². The van der Waals surface area contributed by atoms with Crippen LogP contribution in [0.3, 0.4) is 0 Å². The first-order valence-electron chi connectivity index (χ1n) is 9.09. The molecule has 3 aromatic rings. The first-order chi connectivity index (χ1) is 14.1. The molecule has 0 radical (unpaired) electrons. The Morgan fingerprint density at radius 3 is 2.66 bits per heavy atom. The molecule has 2 aromatic carbocycles. The lowest BCUT2D eigenvalue weighted by molar-refractivity contribution is 0.102. The van der Waals surface area contributed by atoms with Gasteiger partial charge in [0.2, 0.25) is 5.95 Å². The second-order valence-corrected chi connectivity index (χ2v) is 6.36. The smallest absolute Gasteiger partial charge is 0.274 e. The summed E-state index contributed by atoms with van der Waals surface area (Å²) < 4.78 is 16.4. The van der Waals surface area contributed by atoms with Gasteiger partial charge in [-0.05, 0) is 37.3 Å². The normalized spacial score (nSPS) is 12.2. The van der Waals surface area contributed by atoms with Gasteiger partial charge >= 0.3 is 0 Å². The number of nitrogens with one attached hydrogen (secondary N) is 2. The van der Waals surface area contributed by atoms with Gasteiger partial charge < -0.3 is 24.8 Å². The first-order valence-corrected chi connectivity index (χ1v) is 9.09. The van der Waals surface area contributed by atoms with Gasteiger partial charge in [0.15, 0.2) is 11.5 Å². The van der Waals surface area contributed by atoms with Crippen LogP contribution in [0.5, 0.6) is 17.2 Å². The number of ether oxygens (including phenoxy) is 3. The van der Waals surface area contributed by atoms with Crippen LogP contribution in [0.4, 0.5) is 17.3 Å². The second kappa shape index (κ2) is 8.05. The highest BCUT2D eigenvalue weighted by Gasteiger charge is 2.15. The summed E-state index contributed by atoms with van der Waals surface area (Å²) in [4.78, 5) is 21.4. The van der Waals surface area contributed by atoms with Crippen LogP contribution in [-0.4, -0.2) is 36.2 Å². The maximum Gasteiger partial charge on any atom is 0.274 e. The summed E-state index contributed by atoms with van der Waals surface area (Å²) in [5, 5.41) is 5.93. The first kappa shape index (κ1) is 18.5. The number of anilines is 3. The van der Waals surface area contributed by atoms with Gasteiger partial charge in [-0.2, -0.15) is 0 Å². The van der Waals surface area contributed by atoms with Gasteiger partial charge in [0.25, 0.3) is 5.91 Å². The number of nitrogens with zero attached hydrogens (tertiary/aromatic N) is 2. The van der Waals surface area contributed by atoms with Crippen molar-refractivity contribution < 1.29 is 19.0 Å². The highest BCUT2D eigenvalue weighted by molar-refractivity contribution is 6.03. The summed E-state index contributed by atoms with van der Waals surface area (Å²) >= 11 is 0. The number of fused-ring (bicyclic) bond motifs is 1. The van der Waals surface area contributed by atoms with E-state index in [2.05, 4.69) is 20.6 Å². The molecular weight excluding hydrogens is 372 g/mol. The Morgan fingerprint density at radius 2 is 1.83 bits per heavy atom. The van der Waals surface area contributed by atoms with Crippen molar-refractivity contribution in [1.29, 1.82) is 0 Å². The lowest BCUT2D eigenvalue weighted by atomic mass is 10.2. The van der Waals surface area contributed by atoms with Crippen molar-refractivity contribution in [2.75, 3.05) is 31.0 Å². The van der Waals surface area contributed by atoms with E-state index < -0.39 is 0 Å². The third-order valence-electron chi connectivity index (χ3n) is 4.24. The van der Waals surface area contributed by atoms with Crippen LogP contribution >= 0.6 is 0 Å². The zero-order valence-electron chi connectivity index (χ0n) is 16.1. The van der Waals surface area contributed by atoms with Crippen molar-refractivity contribution in [3.8, 4) is 17.2 Å². The Labute approximate surface area is 167 Å². The molecule has 0 bridgehead atoms. The molecule has 0 spiro atoms. The molecule has 0 saturated heterocycles. The molecule has 4 rings (SSSR count). The van der Waals surface area contributed by atoms with E-state index >= 15 is 0 Å². The molecule has 1 amide bonds. The number of hydrogen-bond donors (Lipinski definition) is 2. The molecule has 8 nitrogen and oxygen atoms in total. The molecule has 1 aliphatic heterocycles. The molecule has 8 heteroatoms. The van der Waals surface area contributed by atoms with Crippen molar-refractivity contribution in [2.45, 2.75) is 6.92 Å². The van der Waals surface area contributed by atoms with Crippen LogP contribution in [-0.2, 0) is 0 Å². The quantitative estimate of drug-likeness (QED) is 0.685. The van der Waals surface area contributed by atoms with E-state index in [1.165, 1.54) is 0 Å². The van der Waals surface area contributed by atoms with Gasteiger partial charge in [-0.25, -0.2) is 9.97 Å². The summed E-state index contributed by atoms with van der Waals surface area (Å²) in [7, 11) is 1.59. The molecule has 0 unspecified atom stereocenters. The molecule has 0 fully saturated rings. The highest BCUT2D eigenvalue weighted by atomic mass is 16.6.